The predicted octanol–water partition coefficient (Wildman–Crippen LogP) is 5.39. The van der Waals surface area contributed by atoms with Crippen LogP contribution in [0.15, 0.2) is 48.5 Å². The van der Waals surface area contributed by atoms with Gasteiger partial charge < -0.3 is 5.32 Å². The quantitative estimate of drug-likeness (QED) is 0.441. The molecule has 192 valence electrons. The van der Waals surface area contributed by atoms with E-state index in [-0.39, 0.29) is 11.9 Å². The lowest BCUT2D eigenvalue weighted by atomic mass is 9.88. The lowest BCUT2D eigenvalue weighted by Gasteiger charge is -2.41. The summed E-state index contributed by atoms with van der Waals surface area (Å²) in [6, 6.07) is 11.8. The minimum Gasteiger partial charge on any atom is -0.358 e. The van der Waals surface area contributed by atoms with E-state index < -0.39 is 23.6 Å². The third kappa shape index (κ3) is 5.02. The fourth-order valence-corrected chi connectivity index (χ4v) is 5.29. The number of nitrogens with one attached hydrogen (secondary N) is 1. The average molecular weight is 503 g/mol. The van der Waals surface area contributed by atoms with Crippen LogP contribution in [0.2, 0.25) is 0 Å². The van der Waals surface area contributed by atoms with Crippen LogP contribution in [0.4, 0.5) is 17.6 Å². The molecule has 0 bridgehead atoms. The Kier molecular flexibility index (Phi) is 7.49. The van der Waals surface area contributed by atoms with E-state index in [4.69, 9.17) is 5.10 Å². The maximum atomic E-state index is 14.2. The molecule has 0 saturated heterocycles. The van der Waals surface area contributed by atoms with Crippen LogP contribution in [-0.4, -0.2) is 34.2 Å². The molecule has 2 unspecified atom stereocenters. The molecule has 0 saturated carbocycles. The number of fused-ring (bicyclic) bond motifs is 1. The number of likely N-dealkylation sites (N-methyl/N-ethyl adjacent to an activating group) is 1. The highest BCUT2D eigenvalue weighted by atomic mass is 19.4. The van der Waals surface area contributed by atoms with Crippen LogP contribution < -0.4 is 5.32 Å². The molecular weight excluding hydrogens is 472 g/mol. The van der Waals surface area contributed by atoms with E-state index in [0.29, 0.717) is 31.5 Å². The zero-order valence-corrected chi connectivity index (χ0v) is 20.6. The number of hydrogen-bond donors (Lipinski definition) is 1. The maximum absolute atomic E-state index is 14.2. The molecule has 0 fully saturated rings. The van der Waals surface area contributed by atoms with E-state index in [9.17, 15) is 22.4 Å². The summed E-state index contributed by atoms with van der Waals surface area (Å²) in [4.78, 5) is 15.3. The summed E-state index contributed by atoms with van der Waals surface area (Å²) >= 11 is 0. The highest BCUT2D eigenvalue weighted by Gasteiger charge is 2.39. The molecule has 0 radical (unpaired) electrons. The smallest absolute Gasteiger partial charge is 0.358 e. The molecule has 4 rings (SSSR count). The molecule has 3 aromatic rings. The lowest BCUT2D eigenvalue weighted by molar-refractivity contribution is -0.140. The molecule has 1 N–H and O–H groups in total. The van der Waals surface area contributed by atoms with Gasteiger partial charge in [0.25, 0.3) is 0 Å². The monoisotopic (exact) mass is 502 g/mol. The molecule has 36 heavy (non-hydrogen) atoms. The summed E-state index contributed by atoms with van der Waals surface area (Å²) in [6.45, 7) is 5.29. The molecule has 1 aliphatic rings. The Morgan fingerprint density at radius 3 is 2.53 bits per heavy atom. The van der Waals surface area contributed by atoms with Gasteiger partial charge in [0, 0.05) is 43.9 Å². The van der Waals surface area contributed by atoms with E-state index in [1.807, 2.05) is 48.9 Å². The van der Waals surface area contributed by atoms with Gasteiger partial charge in [-0.1, -0.05) is 36.4 Å². The molecule has 1 aromatic heterocycles. The van der Waals surface area contributed by atoms with Gasteiger partial charge in [0.05, 0.1) is 11.3 Å². The van der Waals surface area contributed by atoms with Gasteiger partial charge in [0.15, 0.2) is 0 Å². The van der Waals surface area contributed by atoms with Crippen molar-refractivity contribution >= 4 is 5.91 Å². The minimum absolute atomic E-state index is 0.143. The average Bonchev–Trinajstić information content (AvgIpc) is 3.18. The Hall–Kier alpha value is -3.20. The van der Waals surface area contributed by atoms with Crippen LogP contribution in [0, 0.1) is 12.7 Å². The summed E-state index contributed by atoms with van der Waals surface area (Å²) in [5.41, 5.74) is 3.08. The molecule has 5 nitrogen and oxygen atoms in total. The number of rotatable bonds is 7. The molecule has 0 spiro atoms. The van der Waals surface area contributed by atoms with Crippen molar-refractivity contribution in [1.82, 2.24) is 20.0 Å². The van der Waals surface area contributed by atoms with Gasteiger partial charge in [0.2, 0.25) is 5.91 Å². The highest BCUT2D eigenvalue weighted by Crippen LogP contribution is 2.41. The lowest BCUT2D eigenvalue weighted by Crippen LogP contribution is -2.45. The number of aryl methyl sites for hydroxylation is 3. The van der Waals surface area contributed by atoms with Crippen molar-refractivity contribution in [1.29, 1.82) is 0 Å². The van der Waals surface area contributed by atoms with Crippen LogP contribution >= 0.6 is 0 Å². The number of benzene rings is 2. The number of aromatic nitrogens is 2. The molecule has 1 amide bonds. The molecule has 2 atom stereocenters. The standard InChI is InChI=1S/C27H30F4N4O/c1-4-35-23-14-15-34(25(26(36)32-3)19-8-6-5-7-9-19)22(24(23)17(2)33-35)13-11-18-10-12-20(21(28)16-18)27(29,30)31/h5-10,12,16,22,25H,4,11,13-15H2,1-3H3,(H,32,36). The Bertz CT molecular complexity index is 1220. The highest BCUT2D eigenvalue weighted by molar-refractivity contribution is 5.83. The third-order valence-electron chi connectivity index (χ3n) is 6.91. The van der Waals surface area contributed by atoms with Crippen LogP contribution in [0.3, 0.4) is 0 Å². The van der Waals surface area contributed by atoms with Gasteiger partial charge in [0.1, 0.15) is 11.9 Å². The molecule has 9 heteroatoms. The van der Waals surface area contributed by atoms with Gasteiger partial charge in [-0.25, -0.2) is 4.39 Å². The topological polar surface area (TPSA) is 50.2 Å². The van der Waals surface area contributed by atoms with Crippen LogP contribution in [0.5, 0.6) is 0 Å². The Balaban J connectivity index is 1.72. The van der Waals surface area contributed by atoms with Crippen LogP contribution in [-0.2, 0) is 30.4 Å². The summed E-state index contributed by atoms with van der Waals surface area (Å²) < 4.78 is 55.3. The predicted molar refractivity (Wildman–Crippen MR) is 129 cm³/mol. The Labute approximate surface area is 208 Å². The third-order valence-corrected chi connectivity index (χ3v) is 6.91. The number of halogens is 4. The summed E-state index contributed by atoms with van der Waals surface area (Å²) in [5.74, 6) is -1.42. The van der Waals surface area contributed by atoms with Gasteiger partial charge in [-0.2, -0.15) is 18.3 Å². The number of hydrogen-bond acceptors (Lipinski definition) is 3. The maximum Gasteiger partial charge on any atom is 0.419 e. The summed E-state index contributed by atoms with van der Waals surface area (Å²) in [7, 11) is 1.61. The van der Waals surface area contributed by atoms with Crippen molar-refractivity contribution in [3.05, 3.63) is 88.0 Å². The number of carbonyl (C=O) groups excluding carboxylic acids is 1. The largest absolute Gasteiger partial charge is 0.419 e. The van der Waals surface area contributed by atoms with Crippen molar-refractivity contribution in [2.75, 3.05) is 13.6 Å². The van der Waals surface area contributed by atoms with Crippen LogP contribution in [0.25, 0.3) is 0 Å². The van der Waals surface area contributed by atoms with Crippen molar-refractivity contribution in [3.8, 4) is 0 Å². The zero-order valence-electron chi connectivity index (χ0n) is 20.6. The van der Waals surface area contributed by atoms with E-state index in [2.05, 4.69) is 10.2 Å². The van der Waals surface area contributed by atoms with Crippen molar-refractivity contribution in [2.24, 2.45) is 0 Å². The van der Waals surface area contributed by atoms with Gasteiger partial charge >= 0.3 is 6.18 Å². The first-order chi connectivity index (χ1) is 17.2. The molecular formula is C27H30F4N4O. The first-order valence-corrected chi connectivity index (χ1v) is 12.1. The molecule has 0 aliphatic carbocycles. The van der Waals surface area contributed by atoms with E-state index in [0.717, 1.165) is 41.1 Å². The zero-order chi connectivity index (χ0) is 26.0. The fourth-order valence-electron chi connectivity index (χ4n) is 5.29. The normalized spacial score (nSPS) is 17.0. The number of amides is 1. The summed E-state index contributed by atoms with van der Waals surface area (Å²) in [5, 5.41) is 7.49. The number of alkyl halides is 3. The Morgan fingerprint density at radius 2 is 1.92 bits per heavy atom. The molecule has 2 heterocycles. The molecule has 1 aliphatic heterocycles. The van der Waals surface area contributed by atoms with E-state index >= 15 is 0 Å². The second-order valence-electron chi connectivity index (χ2n) is 9.04. The second-order valence-corrected chi connectivity index (χ2v) is 9.04. The van der Waals surface area contributed by atoms with Crippen molar-refractivity contribution in [2.45, 2.75) is 57.9 Å². The van der Waals surface area contributed by atoms with Gasteiger partial charge in [-0.15, -0.1) is 0 Å². The van der Waals surface area contributed by atoms with E-state index in [1.54, 1.807) is 7.05 Å². The first-order valence-electron chi connectivity index (χ1n) is 12.1. The minimum atomic E-state index is -4.74. The van der Waals surface area contributed by atoms with Gasteiger partial charge in [-0.3, -0.25) is 14.4 Å². The first kappa shape index (κ1) is 25.9. The van der Waals surface area contributed by atoms with Crippen molar-refractivity contribution in [3.63, 3.8) is 0 Å². The van der Waals surface area contributed by atoms with Crippen LogP contribution in [0.1, 0.15) is 59.1 Å². The van der Waals surface area contributed by atoms with E-state index in [1.165, 1.54) is 6.07 Å². The summed E-state index contributed by atoms with van der Waals surface area (Å²) in [6.07, 6.45) is -3.17. The SMILES string of the molecule is CCn1nc(C)c2c1CCN(C(C(=O)NC)c1ccccc1)C2CCc1ccc(C(F)(F)F)c(F)c1. The van der Waals surface area contributed by atoms with Crippen molar-refractivity contribution < 1.29 is 22.4 Å². The number of nitrogens with zero attached hydrogens (tertiary/aromatic N) is 3. The second kappa shape index (κ2) is 10.4. The number of carbonyl (C=O) groups is 1. The fraction of sp³-hybridized carbons (Fsp3) is 0.407. The Morgan fingerprint density at radius 1 is 1.19 bits per heavy atom. The van der Waals surface area contributed by atoms with Gasteiger partial charge in [-0.05, 0) is 49.9 Å². The molecule has 2 aromatic carbocycles.